The first-order chi connectivity index (χ1) is 5.70. The average Bonchev–Trinajstić information content (AvgIpc) is 2.41. The zero-order valence-corrected chi connectivity index (χ0v) is 7.36. The van der Waals surface area contributed by atoms with E-state index in [1.54, 1.807) is 0 Å². The van der Waals surface area contributed by atoms with Crippen LogP contribution in [0.1, 0.15) is 32.6 Å². The molecule has 12 heavy (non-hydrogen) atoms. The standard InChI is InChI=1S/C9H15NO2/c1-6-8(11)4-2-7-3-5-9(12)10(6)7/h6-8,11H,2-5H2,1H3. The smallest absolute Gasteiger partial charge is 0.223 e. The minimum absolute atomic E-state index is 0.0405. The highest BCUT2D eigenvalue weighted by Gasteiger charge is 2.40. The summed E-state index contributed by atoms with van der Waals surface area (Å²) in [7, 11) is 0. The number of nitrogens with zero attached hydrogens (tertiary/aromatic N) is 1. The summed E-state index contributed by atoms with van der Waals surface area (Å²) in [6.07, 6.45) is 3.22. The minimum Gasteiger partial charge on any atom is -0.391 e. The van der Waals surface area contributed by atoms with Crippen LogP contribution in [-0.4, -0.2) is 34.1 Å². The number of fused-ring (bicyclic) bond motifs is 1. The molecule has 0 aromatic heterocycles. The van der Waals surface area contributed by atoms with Gasteiger partial charge in [-0.3, -0.25) is 4.79 Å². The molecule has 1 amide bonds. The normalized spacial score (nSPS) is 41.7. The van der Waals surface area contributed by atoms with E-state index in [-0.39, 0.29) is 18.1 Å². The van der Waals surface area contributed by atoms with Crippen molar-refractivity contribution < 1.29 is 9.90 Å². The summed E-state index contributed by atoms with van der Waals surface area (Å²) in [5.74, 6) is 0.228. The molecule has 3 heteroatoms. The van der Waals surface area contributed by atoms with Gasteiger partial charge in [0, 0.05) is 12.5 Å². The Kier molecular flexibility index (Phi) is 1.83. The van der Waals surface area contributed by atoms with Crippen LogP contribution >= 0.6 is 0 Å². The van der Waals surface area contributed by atoms with Gasteiger partial charge in [0.15, 0.2) is 0 Å². The molecule has 2 rings (SSSR count). The highest BCUT2D eigenvalue weighted by molar-refractivity contribution is 5.79. The fourth-order valence-corrected chi connectivity index (χ4v) is 2.39. The summed E-state index contributed by atoms with van der Waals surface area (Å²) in [6, 6.07) is 0.467. The van der Waals surface area contributed by atoms with Gasteiger partial charge >= 0.3 is 0 Å². The lowest BCUT2D eigenvalue weighted by Crippen LogP contribution is -2.50. The molecule has 0 bridgehead atoms. The van der Waals surface area contributed by atoms with Gasteiger partial charge in [-0.2, -0.15) is 0 Å². The SMILES string of the molecule is CC1C(O)CCC2CCC(=O)N21. The molecule has 3 atom stereocenters. The van der Waals surface area contributed by atoms with Crippen molar-refractivity contribution in [3.05, 3.63) is 0 Å². The molecule has 2 heterocycles. The fourth-order valence-electron chi connectivity index (χ4n) is 2.39. The molecule has 2 saturated heterocycles. The van der Waals surface area contributed by atoms with E-state index >= 15 is 0 Å². The van der Waals surface area contributed by atoms with E-state index in [0.29, 0.717) is 12.5 Å². The van der Waals surface area contributed by atoms with Crippen molar-refractivity contribution in [1.29, 1.82) is 0 Å². The lowest BCUT2D eigenvalue weighted by atomic mass is 9.95. The Balaban J connectivity index is 2.16. The highest BCUT2D eigenvalue weighted by atomic mass is 16.3. The van der Waals surface area contributed by atoms with Crippen LogP contribution in [0.3, 0.4) is 0 Å². The third kappa shape index (κ3) is 1.04. The highest BCUT2D eigenvalue weighted by Crippen LogP contribution is 2.31. The lowest BCUT2D eigenvalue weighted by molar-refractivity contribution is -0.135. The Bertz CT molecular complexity index is 205. The van der Waals surface area contributed by atoms with Crippen molar-refractivity contribution in [3.63, 3.8) is 0 Å². The van der Waals surface area contributed by atoms with E-state index in [1.165, 1.54) is 0 Å². The molecular formula is C9H15NO2. The maximum atomic E-state index is 11.4. The van der Waals surface area contributed by atoms with Crippen molar-refractivity contribution in [1.82, 2.24) is 4.90 Å². The van der Waals surface area contributed by atoms with Crippen LogP contribution in [0.2, 0.25) is 0 Å². The van der Waals surface area contributed by atoms with Gasteiger partial charge in [0.1, 0.15) is 0 Å². The van der Waals surface area contributed by atoms with Crippen LogP contribution in [0.25, 0.3) is 0 Å². The topological polar surface area (TPSA) is 40.5 Å². The second kappa shape index (κ2) is 2.73. The van der Waals surface area contributed by atoms with Gasteiger partial charge in [-0.05, 0) is 26.2 Å². The summed E-state index contributed by atoms with van der Waals surface area (Å²) in [6.45, 7) is 1.94. The largest absolute Gasteiger partial charge is 0.391 e. The predicted octanol–water partition coefficient (Wildman–Crippen LogP) is 0.521. The Hall–Kier alpha value is -0.570. The second-order valence-corrected chi connectivity index (χ2v) is 3.88. The number of carbonyl (C=O) groups excluding carboxylic acids is 1. The number of carbonyl (C=O) groups is 1. The number of hydrogen-bond acceptors (Lipinski definition) is 2. The van der Waals surface area contributed by atoms with Gasteiger partial charge in [0.05, 0.1) is 12.1 Å². The Morgan fingerprint density at radius 1 is 1.42 bits per heavy atom. The maximum absolute atomic E-state index is 11.4. The summed E-state index contributed by atoms with van der Waals surface area (Å²) in [4.78, 5) is 13.3. The summed E-state index contributed by atoms with van der Waals surface area (Å²) >= 11 is 0. The van der Waals surface area contributed by atoms with E-state index in [9.17, 15) is 9.90 Å². The average molecular weight is 169 g/mol. The fraction of sp³-hybridized carbons (Fsp3) is 0.889. The summed E-state index contributed by atoms with van der Waals surface area (Å²) < 4.78 is 0. The number of amides is 1. The molecule has 3 nitrogen and oxygen atoms in total. The van der Waals surface area contributed by atoms with E-state index in [2.05, 4.69) is 0 Å². The zero-order chi connectivity index (χ0) is 8.72. The van der Waals surface area contributed by atoms with Crippen LogP contribution in [0, 0.1) is 0 Å². The third-order valence-electron chi connectivity index (χ3n) is 3.16. The molecule has 2 aliphatic heterocycles. The second-order valence-electron chi connectivity index (χ2n) is 3.88. The summed E-state index contributed by atoms with van der Waals surface area (Å²) in [5.41, 5.74) is 0. The van der Waals surface area contributed by atoms with Crippen LogP contribution < -0.4 is 0 Å². The van der Waals surface area contributed by atoms with Crippen molar-refractivity contribution in [3.8, 4) is 0 Å². The molecule has 2 aliphatic rings. The minimum atomic E-state index is -0.303. The maximum Gasteiger partial charge on any atom is 0.223 e. The van der Waals surface area contributed by atoms with Crippen molar-refractivity contribution in [2.24, 2.45) is 0 Å². The quantitative estimate of drug-likeness (QED) is 0.574. The number of aliphatic hydroxyl groups is 1. The van der Waals surface area contributed by atoms with Crippen LogP contribution in [0.15, 0.2) is 0 Å². The third-order valence-corrected chi connectivity index (χ3v) is 3.16. The first-order valence-electron chi connectivity index (χ1n) is 4.69. The molecule has 1 N–H and O–H groups in total. The van der Waals surface area contributed by atoms with Gasteiger partial charge in [-0.25, -0.2) is 0 Å². The van der Waals surface area contributed by atoms with Crippen molar-refractivity contribution >= 4 is 5.91 Å². The Morgan fingerprint density at radius 3 is 2.92 bits per heavy atom. The Labute approximate surface area is 72.4 Å². The van der Waals surface area contributed by atoms with E-state index in [4.69, 9.17) is 0 Å². The molecule has 0 aliphatic carbocycles. The molecule has 3 unspecified atom stereocenters. The zero-order valence-electron chi connectivity index (χ0n) is 7.36. The van der Waals surface area contributed by atoms with Crippen molar-refractivity contribution in [2.45, 2.75) is 50.8 Å². The van der Waals surface area contributed by atoms with Crippen LogP contribution in [0.5, 0.6) is 0 Å². The lowest BCUT2D eigenvalue weighted by Gasteiger charge is -2.39. The molecule has 0 aromatic rings. The number of hydrogen-bond donors (Lipinski definition) is 1. The molecule has 0 aromatic carbocycles. The monoisotopic (exact) mass is 169 g/mol. The van der Waals surface area contributed by atoms with Gasteiger partial charge in [0.2, 0.25) is 5.91 Å². The van der Waals surface area contributed by atoms with Crippen LogP contribution in [0.4, 0.5) is 0 Å². The van der Waals surface area contributed by atoms with Gasteiger partial charge < -0.3 is 10.0 Å². The van der Waals surface area contributed by atoms with Crippen molar-refractivity contribution in [2.75, 3.05) is 0 Å². The molecule has 0 saturated carbocycles. The number of piperidine rings is 1. The number of aliphatic hydroxyl groups excluding tert-OH is 1. The van der Waals surface area contributed by atoms with E-state index in [0.717, 1.165) is 19.3 Å². The molecule has 68 valence electrons. The van der Waals surface area contributed by atoms with Gasteiger partial charge in [-0.15, -0.1) is 0 Å². The molecule has 2 fully saturated rings. The van der Waals surface area contributed by atoms with Crippen LogP contribution in [-0.2, 0) is 4.79 Å². The summed E-state index contributed by atoms with van der Waals surface area (Å²) in [5, 5.41) is 9.55. The molecular weight excluding hydrogens is 154 g/mol. The van der Waals surface area contributed by atoms with E-state index < -0.39 is 0 Å². The van der Waals surface area contributed by atoms with Gasteiger partial charge in [-0.1, -0.05) is 0 Å². The molecule has 0 radical (unpaired) electrons. The number of rotatable bonds is 0. The van der Waals surface area contributed by atoms with Gasteiger partial charge in [0.25, 0.3) is 0 Å². The predicted molar refractivity (Wildman–Crippen MR) is 44.6 cm³/mol. The Morgan fingerprint density at radius 2 is 2.17 bits per heavy atom. The molecule has 0 spiro atoms. The van der Waals surface area contributed by atoms with E-state index in [1.807, 2.05) is 11.8 Å². The first-order valence-corrected chi connectivity index (χ1v) is 4.69. The first kappa shape index (κ1) is 8.05.